The van der Waals surface area contributed by atoms with Crippen LogP contribution in [0.25, 0.3) is 0 Å². The number of rotatable bonds is 6. The fourth-order valence-electron chi connectivity index (χ4n) is 1.88. The Hall–Kier alpha value is -2.09. The quantitative estimate of drug-likeness (QED) is 0.457. The van der Waals surface area contributed by atoms with Gasteiger partial charge in [0.05, 0.1) is 5.56 Å². The summed E-state index contributed by atoms with van der Waals surface area (Å²) in [5.74, 6) is -0.927. The molecule has 25 heavy (non-hydrogen) atoms. The standard InChI is InChI=1S/C17H22F4N2O2/c1-16(2,3)25-15(24)23-9-5-4-8-22-11-12-6-7-13(18)10-14(12)17(19,20)21/h4-7,10,22H,8-9,11H2,1-3H3,(H,23,24)/b5-4+. The van der Waals surface area contributed by atoms with Crippen molar-refractivity contribution in [1.82, 2.24) is 10.6 Å². The average molecular weight is 362 g/mol. The molecule has 0 unspecified atom stereocenters. The molecule has 0 radical (unpaired) electrons. The Balaban J connectivity index is 2.38. The van der Waals surface area contributed by atoms with Gasteiger partial charge in [-0.3, -0.25) is 0 Å². The fraction of sp³-hybridized carbons (Fsp3) is 0.471. The van der Waals surface area contributed by atoms with Crippen LogP contribution in [0.5, 0.6) is 0 Å². The van der Waals surface area contributed by atoms with Gasteiger partial charge in [0.1, 0.15) is 11.4 Å². The van der Waals surface area contributed by atoms with Crippen molar-refractivity contribution < 1.29 is 27.1 Å². The molecule has 0 saturated heterocycles. The summed E-state index contributed by atoms with van der Waals surface area (Å²) in [6.45, 7) is 5.72. The molecule has 0 atom stereocenters. The molecule has 0 spiro atoms. The van der Waals surface area contributed by atoms with E-state index in [2.05, 4.69) is 10.6 Å². The van der Waals surface area contributed by atoms with E-state index >= 15 is 0 Å². The van der Waals surface area contributed by atoms with Gasteiger partial charge < -0.3 is 15.4 Å². The summed E-state index contributed by atoms with van der Waals surface area (Å²) < 4.78 is 56.5. The zero-order valence-electron chi connectivity index (χ0n) is 14.3. The van der Waals surface area contributed by atoms with Crippen LogP contribution < -0.4 is 10.6 Å². The normalized spacial score (nSPS) is 12.4. The Morgan fingerprint density at radius 1 is 1.16 bits per heavy atom. The van der Waals surface area contributed by atoms with E-state index in [0.29, 0.717) is 12.6 Å². The van der Waals surface area contributed by atoms with Crippen molar-refractivity contribution in [2.45, 2.75) is 39.1 Å². The number of nitrogens with one attached hydrogen (secondary N) is 2. The highest BCUT2D eigenvalue weighted by Gasteiger charge is 2.33. The summed E-state index contributed by atoms with van der Waals surface area (Å²) in [5, 5.41) is 5.32. The highest BCUT2D eigenvalue weighted by atomic mass is 19.4. The molecular formula is C17H22F4N2O2. The summed E-state index contributed by atoms with van der Waals surface area (Å²) in [5.41, 5.74) is -1.61. The van der Waals surface area contributed by atoms with Crippen molar-refractivity contribution in [2.75, 3.05) is 13.1 Å². The summed E-state index contributed by atoms with van der Waals surface area (Å²) in [4.78, 5) is 11.4. The molecular weight excluding hydrogens is 340 g/mol. The maximum Gasteiger partial charge on any atom is 0.416 e. The summed E-state index contributed by atoms with van der Waals surface area (Å²) in [6.07, 6.45) is -1.85. The lowest BCUT2D eigenvalue weighted by molar-refractivity contribution is -0.138. The molecule has 0 fully saturated rings. The molecule has 0 aliphatic heterocycles. The predicted octanol–water partition coefficient (Wildman–Crippen LogP) is 4.02. The van der Waals surface area contributed by atoms with Crippen molar-refractivity contribution in [3.63, 3.8) is 0 Å². The minimum absolute atomic E-state index is 0.0332. The van der Waals surface area contributed by atoms with Crippen LogP contribution in [-0.2, 0) is 17.5 Å². The molecule has 8 heteroatoms. The topological polar surface area (TPSA) is 50.4 Å². The van der Waals surface area contributed by atoms with Gasteiger partial charge in [-0.25, -0.2) is 9.18 Å². The fourth-order valence-corrected chi connectivity index (χ4v) is 1.88. The van der Waals surface area contributed by atoms with E-state index in [4.69, 9.17) is 4.74 Å². The molecule has 1 rings (SSSR count). The number of hydrogen-bond donors (Lipinski definition) is 2. The molecule has 140 valence electrons. The Kier molecular flexibility index (Phi) is 7.41. The van der Waals surface area contributed by atoms with Gasteiger partial charge in [0.15, 0.2) is 0 Å². The molecule has 2 N–H and O–H groups in total. The SMILES string of the molecule is CC(C)(C)OC(=O)NC/C=C/CNCc1ccc(F)cc1C(F)(F)F. The Labute approximate surface area is 144 Å². The minimum Gasteiger partial charge on any atom is -0.444 e. The molecule has 0 aliphatic carbocycles. The minimum atomic E-state index is -4.60. The molecule has 0 aliphatic rings. The lowest BCUT2D eigenvalue weighted by atomic mass is 10.1. The van der Waals surface area contributed by atoms with E-state index in [1.54, 1.807) is 32.9 Å². The van der Waals surface area contributed by atoms with Gasteiger partial charge in [0.2, 0.25) is 0 Å². The highest BCUT2D eigenvalue weighted by molar-refractivity contribution is 5.67. The molecule has 1 aromatic rings. The molecule has 0 saturated carbocycles. The lowest BCUT2D eigenvalue weighted by Crippen LogP contribution is -2.32. The summed E-state index contributed by atoms with van der Waals surface area (Å²) in [7, 11) is 0. The second-order valence-corrected chi connectivity index (χ2v) is 6.28. The Morgan fingerprint density at radius 2 is 1.80 bits per heavy atom. The number of alkyl carbamates (subject to hydrolysis) is 1. The number of hydrogen-bond acceptors (Lipinski definition) is 3. The lowest BCUT2D eigenvalue weighted by Gasteiger charge is -2.19. The molecule has 0 bridgehead atoms. The van der Waals surface area contributed by atoms with Crippen LogP contribution in [0.15, 0.2) is 30.4 Å². The molecule has 0 aromatic heterocycles. The van der Waals surface area contributed by atoms with E-state index in [9.17, 15) is 22.4 Å². The first-order valence-corrected chi connectivity index (χ1v) is 7.67. The third kappa shape index (κ3) is 8.53. The smallest absolute Gasteiger partial charge is 0.416 e. The Morgan fingerprint density at radius 3 is 2.40 bits per heavy atom. The third-order valence-electron chi connectivity index (χ3n) is 2.88. The second-order valence-electron chi connectivity index (χ2n) is 6.28. The molecule has 1 aromatic carbocycles. The zero-order valence-corrected chi connectivity index (χ0v) is 14.3. The van der Waals surface area contributed by atoms with Crippen molar-refractivity contribution in [1.29, 1.82) is 0 Å². The maximum absolute atomic E-state index is 13.0. The van der Waals surface area contributed by atoms with E-state index in [-0.39, 0.29) is 18.7 Å². The molecule has 1 amide bonds. The van der Waals surface area contributed by atoms with Crippen LogP contribution in [0.2, 0.25) is 0 Å². The van der Waals surface area contributed by atoms with Crippen LogP contribution in [0.1, 0.15) is 31.9 Å². The zero-order chi connectivity index (χ0) is 19.1. The first kappa shape index (κ1) is 21.0. The van der Waals surface area contributed by atoms with Crippen LogP contribution >= 0.6 is 0 Å². The van der Waals surface area contributed by atoms with Crippen LogP contribution in [-0.4, -0.2) is 24.8 Å². The van der Waals surface area contributed by atoms with Crippen molar-refractivity contribution in [3.8, 4) is 0 Å². The van der Waals surface area contributed by atoms with E-state index < -0.39 is 29.3 Å². The molecule has 4 nitrogen and oxygen atoms in total. The predicted molar refractivity (Wildman–Crippen MR) is 86.5 cm³/mol. The van der Waals surface area contributed by atoms with Gasteiger partial charge >= 0.3 is 12.3 Å². The van der Waals surface area contributed by atoms with E-state index in [0.717, 1.165) is 12.1 Å². The number of carbonyl (C=O) groups is 1. The number of alkyl halides is 3. The first-order chi connectivity index (χ1) is 11.5. The van der Waals surface area contributed by atoms with E-state index in [1.807, 2.05) is 0 Å². The van der Waals surface area contributed by atoms with Crippen molar-refractivity contribution in [2.24, 2.45) is 0 Å². The van der Waals surface area contributed by atoms with Crippen molar-refractivity contribution in [3.05, 3.63) is 47.3 Å². The van der Waals surface area contributed by atoms with Crippen molar-refractivity contribution >= 4 is 6.09 Å². The van der Waals surface area contributed by atoms with Gasteiger partial charge in [-0.1, -0.05) is 18.2 Å². The van der Waals surface area contributed by atoms with Crippen LogP contribution in [0, 0.1) is 5.82 Å². The largest absolute Gasteiger partial charge is 0.444 e. The number of halogens is 4. The highest BCUT2D eigenvalue weighted by Crippen LogP contribution is 2.32. The third-order valence-corrected chi connectivity index (χ3v) is 2.88. The van der Waals surface area contributed by atoms with Gasteiger partial charge in [0, 0.05) is 19.6 Å². The van der Waals surface area contributed by atoms with Gasteiger partial charge in [0.25, 0.3) is 0 Å². The number of carbonyl (C=O) groups excluding carboxylic acids is 1. The van der Waals surface area contributed by atoms with Gasteiger partial charge in [-0.05, 0) is 38.5 Å². The maximum atomic E-state index is 13.0. The van der Waals surface area contributed by atoms with Crippen LogP contribution in [0.3, 0.4) is 0 Å². The van der Waals surface area contributed by atoms with Crippen LogP contribution in [0.4, 0.5) is 22.4 Å². The summed E-state index contributed by atoms with van der Waals surface area (Å²) >= 11 is 0. The first-order valence-electron chi connectivity index (χ1n) is 7.67. The Bertz CT molecular complexity index is 608. The number of amides is 1. The van der Waals surface area contributed by atoms with E-state index in [1.165, 1.54) is 0 Å². The van der Waals surface area contributed by atoms with Gasteiger partial charge in [-0.15, -0.1) is 0 Å². The average Bonchev–Trinajstić information content (AvgIpc) is 2.44. The number of ether oxygens (including phenoxy) is 1. The molecule has 0 heterocycles. The second kappa shape index (κ2) is 8.84. The number of benzene rings is 1. The summed E-state index contributed by atoms with van der Waals surface area (Å²) in [6, 6.07) is 2.59. The van der Waals surface area contributed by atoms with Gasteiger partial charge in [-0.2, -0.15) is 13.2 Å². The monoisotopic (exact) mass is 362 g/mol.